The van der Waals surface area contributed by atoms with Gasteiger partial charge in [-0.25, -0.2) is 4.79 Å². The Morgan fingerprint density at radius 3 is 2.44 bits per heavy atom. The van der Waals surface area contributed by atoms with Crippen LogP contribution in [0.15, 0.2) is 60.9 Å². The lowest BCUT2D eigenvalue weighted by Gasteiger charge is -2.17. The molecule has 2 N–H and O–H groups in total. The molecule has 0 bridgehead atoms. The van der Waals surface area contributed by atoms with E-state index in [-0.39, 0.29) is 11.3 Å². The van der Waals surface area contributed by atoms with Crippen LogP contribution in [-0.4, -0.2) is 27.4 Å². The van der Waals surface area contributed by atoms with Gasteiger partial charge in [0.15, 0.2) is 0 Å². The summed E-state index contributed by atoms with van der Waals surface area (Å²) in [6, 6.07) is 15.0. The van der Waals surface area contributed by atoms with E-state index in [0.717, 1.165) is 5.56 Å². The fourth-order valence-corrected chi connectivity index (χ4v) is 3.36. The van der Waals surface area contributed by atoms with Crippen molar-refractivity contribution in [1.29, 1.82) is 0 Å². The van der Waals surface area contributed by atoms with Crippen LogP contribution in [0, 0.1) is 3.57 Å². The SMILES string of the molecule is O=C(O)c1cc(OCCc2ccccc2)c(-n2cccc2)c(I)c1O. The molecule has 0 atom stereocenters. The van der Waals surface area contributed by atoms with E-state index in [4.69, 9.17) is 4.74 Å². The molecule has 1 aromatic heterocycles. The van der Waals surface area contributed by atoms with Crippen molar-refractivity contribution in [3.05, 3.63) is 75.6 Å². The van der Waals surface area contributed by atoms with Crippen LogP contribution in [-0.2, 0) is 6.42 Å². The number of ether oxygens (including phenoxy) is 1. The third-order valence-electron chi connectivity index (χ3n) is 3.76. The maximum absolute atomic E-state index is 11.4. The lowest BCUT2D eigenvalue weighted by Crippen LogP contribution is -2.08. The first-order valence-corrected chi connectivity index (χ1v) is 8.74. The van der Waals surface area contributed by atoms with Crippen molar-refractivity contribution >= 4 is 28.6 Å². The molecule has 0 fully saturated rings. The second-order valence-corrected chi connectivity index (χ2v) is 6.49. The van der Waals surface area contributed by atoms with E-state index < -0.39 is 5.97 Å². The summed E-state index contributed by atoms with van der Waals surface area (Å²) in [5.74, 6) is -1.03. The molecule has 1 heterocycles. The van der Waals surface area contributed by atoms with Crippen LogP contribution in [0.3, 0.4) is 0 Å². The van der Waals surface area contributed by atoms with Crippen molar-refractivity contribution < 1.29 is 19.7 Å². The number of carboxylic acids is 1. The Morgan fingerprint density at radius 1 is 1.12 bits per heavy atom. The number of carboxylic acid groups (broad SMARTS) is 1. The fourth-order valence-electron chi connectivity index (χ4n) is 2.53. The molecule has 0 unspecified atom stereocenters. The topological polar surface area (TPSA) is 71.7 Å². The monoisotopic (exact) mass is 449 g/mol. The standard InChI is InChI=1S/C19H16INO4/c20-16-17(21-9-4-5-10-21)15(12-14(18(16)22)19(23)24)25-11-8-13-6-2-1-3-7-13/h1-7,9-10,12,22H,8,11H2,(H,23,24). The highest BCUT2D eigenvalue weighted by Crippen LogP contribution is 2.37. The van der Waals surface area contributed by atoms with Crippen molar-refractivity contribution in [2.75, 3.05) is 6.61 Å². The zero-order valence-corrected chi connectivity index (χ0v) is 15.4. The Balaban J connectivity index is 1.94. The molecule has 0 aliphatic heterocycles. The van der Waals surface area contributed by atoms with Gasteiger partial charge >= 0.3 is 5.97 Å². The predicted molar refractivity (Wildman–Crippen MR) is 103 cm³/mol. The van der Waals surface area contributed by atoms with E-state index >= 15 is 0 Å². The number of nitrogens with zero attached hydrogens (tertiary/aromatic N) is 1. The highest BCUT2D eigenvalue weighted by molar-refractivity contribution is 14.1. The first-order chi connectivity index (χ1) is 12.1. The normalized spacial score (nSPS) is 10.6. The number of phenols is 1. The number of aromatic nitrogens is 1. The number of hydrogen-bond donors (Lipinski definition) is 2. The Labute approximate surface area is 158 Å². The maximum atomic E-state index is 11.4. The number of rotatable bonds is 6. The quantitative estimate of drug-likeness (QED) is 0.556. The highest BCUT2D eigenvalue weighted by atomic mass is 127. The molecule has 0 radical (unpaired) electrons. The van der Waals surface area contributed by atoms with Crippen LogP contribution in [0.2, 0.25) is 0 Å². The molecule has 5 nitrogen and oxygen atoms in total. The minimum absolute atomic E-state index is 0.171. The Bertz CT molecular complexity index is 876. The van der Waals surface area contributed by atoms with E-state index in [2.05, 4.69) is 0 Å². The highest BCUT2D eigenvalue weighted by Gasteiger charge is 2.21. The van der Waals surface area contributed by atoms with Gasteiger partial charge in [0, 0.05) is 24.9 Å². The average molecular weight is 449 g/mol. The van der Waals surface area contributed by atoms with Crippen LogP contribution >= 0.6 is 22.6 Å². The van der Waals surface area contributed by atoms with E-state index in [1.54, 1.807) is 4.57 Å². The Kier molecular flexibility index (Phi) is 5.28. The van der Waals surface area contributed by atoms with E-state index in [1.807, 2.05) is 77.4 Å². The molecule has 3 aromatic rings. The summed E-state index contributed by atoms with van der Waals surface area (Å²) >= 11 is 1.94. The largest absolute Gasteiger partial charge is 0.506 e. The summed E-state index contributed by atoms with van der Waals surface area (Å²) in [5.41, 5.74) is 1.59. The van der Waals surface area contributed by atoms with Gasteiger partial charge in [0.2, 0.25) is 0 Å². The minimum atomic E-state index is -1.19. The van der Waals surface area contributed by atoms with Gasteiger partial charge in [0.1, 0.15) is 22.7 Å². The summed E-state index contributed by atoms with van der Waals surface area (Å²) in [6.45, 7) is 0.401. The fraction of sp³-hybridized carbons (Fsp3) is 0.105. The van der Waals surface area contributed by atoms with Gasteiger partial charge < -0.3 is 19.5 Å². The van der Waals surface area contributed by atoms with E-state index in [1.165, 1.54) is 6.07 Å². The molecule has 0 spiro atoms. The van der Waals surface area contributed by atoms with Gasteiger partial charge in [-0.3, -0.25) is 0 Å². The van der Waals surface area contributed by atoms with Crippen molar-refractivity contribution in [1.82, 2.24) is 4.57 Å². The predicted octanol–water partition coefficient (Wildman–Crippen LogP) is 4.11. The van der Waals surface area contributed by atoms with Crippen LogP contribution in [0.25, 0.3) is 5.69 Å². The Morgan fingerprint density at radius 2 is 1.80 bits per heavy atom. The van der Waals surface area contributed by atoms with Crippen LogP contribution in [0.1, 0.15) is 15.9 Å². The van der Waals surface area contributed by atoms with Gasteiger partial charge in [-0.2, -0.15) is 0 Å². The first-order valence-electron chi connectivity index (χ1n) is 7.66. The number of carbonyl (C=O) groups is 1. The summed E-state index contributed by atoms with van der Waals surface area (Å²) in [5, 5.41) is 19.5. The molecule has 0 saturated carbocycles. The molecule has 0 amide bonds. The number of halogens is 1. The van der Waals surface area contributed by atoms with Crippen LogP contribution in [0.4, 0.5) is 0 Å². The minimum Gasteiger partial charge on any atom is -0.506 e. The van der Waals surface area contributed by atoms with Crippen molar-refractivity contribution in [3.8, 4) is 17.2 Å². The zero-order chi connectivity index (χ0) is 17.8. The van der Waals surface area contributed by atoms with Crippen molar-refractivity contribution in [3.63, 3.8) is 0 Å². The second kappa shape index (κ2) is 7.60. The molecule has 25 heavy (non-hydrogen) atoms. The number of aromatic carboxylic acids is 1. The molecule has 0 aliphatic carbocycles. The molecule has 0 saturated heterocycles. The summed E-state index contributed by atoms with van der Waals surface area (Å²) in [7, 11) is 0. The lowest BCUT2D eigenvalue weighted by molar-refractivity contribution is 0.0693. The molecular formula is C19H16INO4. The van der Waals surface area contributed by atoms with Gasteiger partial charge in [-0.05, 0) is 40.3 Å². The Hall–Kier alpha value is -2.48. The van der Waals surface area contributed by atoms with Crippen molar-refractivity contribution in [2.45, 2.75) is 6.42 Å². The first kappa shape index (κ1) is 17.3. The van der Waals surface area contributed by atoms with Gasteiger partial charge in [0.25, 0.3) is 0 Å². The lowest BCUT2D eigenvalue weighted by atomic mass is 10.1. The molecule has 0 aliphatic rings. The smallest absolute Gasteiger partial charge is 0.339 e. The molecular weight excluding hydrogens is 433 g/mol. The van der Waals surface area contributed by atoms with E-state index in [9.17, 15) is 15.0 Å². The molecule has 6 heteroatoms. The van der Waals surface area contributed by atoms with Crippen LogP contribution in [0.5, 0.6) is 11.5 Å². The third kappa shape index (κ3) is 3.79. The average Bonchev–Trinajstić information content (AvgIpc) is 3.12. The molecule has 3 rings (SSSR count). The van der Waals surface area contributed by atoms with Crippen molar-refractivity contribution in [2.24, 2.45) is 0 Å². The maximum Gasteiger partial charge on any atom is 0.339 e. The summed E-state index contributed by atoms with van der Waals surface area (Å²) < 4.78 is 8.12. The van der Waals surface area contributed by atoms with Gasteiger partial charge in [-0.15, -0.1) is 0 Å². The molecule has 2 aromatic carbocycles. The summed E-state index contributed by atoms with van der Waals surface area (Å²) in [4.78, 5) is 11.4. The second-order valence-electron chi connectivity index (χ2n) is 5.41. The summed E-state index contributed by atoms with van der Waals surface area (Å²) in [6.07, 6.45) is 4.34. The zero-order valence-electron chi connectivity index (χ0n) is 13.2. The number of benzene rings is 2. The van der Waals surface area contributed by atoms with E-state index in [0.29, 0.717) is 28.0 Å². The van der Waals surface area contributed by atoms with Gasteiger partial charge in [0.05, 0.1) is 10.2 Å². The van der Waals surface area contributed by atoms with Crippen LogP contribution < -0.4 is 4.74 Å². The molecule has 128 valence electrons. The number of aromatic hydroxyl groups is 1. The third-order valence-corrected chi connectivity index (χ3v) is 4.79. The number of hydrogen-bond acceptors (Lipinski definition) is 3. The van der Waals surface area contributed by atoms with Gasteiger partial charge in [-0.1, -0.05) is 30.3 Å².